The van der Waals surface area contributed by atoms with Crippen molar-refractivity contribution < 1.29 is 9.21 Å². The van der Waals surface area contributed by atoms with Gasteiger partial charge in [0.2, 0.25) is 5.89 Å². The number of aryl methyl sites for hydroxylation is 2. The van der Waals surface area contributed by atoms with E-state index in [1.54, 1.807) is 24.3 Å². The summed E-state index contributed by atoms with van der Waals surface area (Å²) in [5, 5.41) is 6.13. The van der Waals surface area contributed by atoms with Gasteiger partial charge in [-0.05, 0) is 50.2 Å². The molecular weight excluding hydrogens is 338 g/mol. The van der Waals surface area contributed by atoms with Crippen LogP contribution < -0.4 is 10.6 Å². The van der Waals surface area contributed by atoms with E-state index in [0.29, 0.717) is 28.1 Å². The smallest absolute Gasteiger partial charge is 0.319 e. The van der Waals surface area contributed by atoms with Crippen molar-refractivity contribution in [3.63, 3.8) is 0 Å². The Labute approximate surface area is 151 Å². The van der Waals surface area contributed by atoms with Gasteiger partial charge in [0.1, 0.15) is 11.5 Å². The van der Waals surface area contributed by atoms with E-state index in [9.17, 15) is 4.79 Å². The average Bonchev–Trinajstić information content (AvgIpc) is 2.97. The number of nitrogens with zero attached hydrogens (tertiary/aromatic N) is 1. The Morgan fingerprint density at radius 2 is 1.76 bits per heavy atom. The lowest BCUT2D eigenvalue weighted by Crippen LogP contribution is -2.28. The normalized spacial score (nSPS) is 10.5. The second-order valence-corrected chi connectivity index (χ2v) is 6.14. The monoisotopic (exact) mass is 355 g/mol. The summed E-state index contributed by atoms with van der Waals surface area (Å²) >= 11 is 5.82. The van der Waals surface area contributed by atoms with Crippen LogP contribution in [0.5, 0.6) is 0 Å². The van der Waals surface area contributed by atoms with Crippen LogP contribution in [-0.2, 0) is 6.54 Å². The van der Waals surface area contributed by atoms with E-state index in [1.165, 1.54) is 5.56 Å². The number of carbonyl (C=O) groups excluding carboxylic acids is 1. The molecule has 0 atom stereocenters. The fourth-order valence-corrected chi connectivity index (χ4v) is 2.41. The van der Waals surface area contributed by atoms with Crippen LogP contribution in [0.3, 0.4) is 0 Å². The number of aromatic nitrogens is 1. The number of oxazole rings is 1. The molecule has 25 heavy (non-hydrogen) atoms. The second-order valence-electron chi connectivity index (χ2n) is 5.70. The topological polar surface area (TPSA) is 67.2 Å². The number of carbonyl (C=O) groups is 1. The molecule has 6 heteroatoms. The number of amides is 2. The molecule has 0 saturated heterocycles. The minimum Gasteiger partial charge on any atom is -0.441 e. The number of rotatable bonds is 4. The number of hydrogen-bond donors (Lipinski definition) is 2. The summed E-state index contributed by atoms with van der Waals surface area (Å²) in [5.41, 5.74) is 3.44. The highest BCUT2D eigenvalue weighted by molar-refractivity contribution is 6.30. The first-order valence-corrected chi connectivity index (χ1v) is 8.23. The van der Waals surface area contributed by atoms with Crippen LogP contribution in [0.25, 0.3) is 11.5 Å². The summed E-state index contributed by atoms with van der Waals surface area (Å²) in [5.74, 6) is 1.23. The van der Waals surface area contributed by atoms with E-state index < -0.39 is 0 Å². The maximum Gasteiger partial charge on any atom is 0.319 e. The van der Waals surface area contributed by atoms with Crippen LogP contribution in [0.15, 0.2) is 52.9 Å². The van der Waals surface area contributed by atoms with E-state index in [2.05, 4.69) is 15.6 Å². The molecule has 1 heterocycles. The highest BCUT2D eigenvalue weighted by Gasteiger charge is 2.12. The Hall–Kier alpha value is -2.79. The summed E-state index contributed by atoms with van der Waals surface area (Å²) in [6, 6.07) is 14.5. The van der Waals surface area contributed by atoms with Crippen molar-refractivity contribution in [1.29, 1.82) is 0 Å². The molecule has 128 valence electrons. The Balaban J connectivity index is 1.62. The minimum absolute atomic E-state index is 0.278. The lowest BCUT2D eigenvalue weighted by molar-refractivity contribution is 0.251. The van der Waals surface area contributed by atoms with Gasteiger partial charge in [0.15, 0.2) is 0 Å². The van der Waals surface area contributed by atoms with Gasteiger partial charge in [-0.25, -0.2) is 9.78 Å². The summed E-state index contributed by atoms with van der Waals surface area (Å²) in [6.45, 7) is 4.14. The molecule has 0 radical (unpaired) electrons. The average molecular weight is 356 g/mol. The van der Waals surface area contributed by atoms with E-state index in [-0.39, 0.29) is 12.6 Å². The van der Waals surface area contributed by atoms with Crippen molar-refractivity contribution in [2.45, 2.75) is 20.4 Å². The molecule has 0 aliphatic carbocycles. The zero-order chi connectivity index (χ0) is 17.8. The van der Waals surface area contributed by atoms with Gasteiger partial charge in [0, 0.05) is 16.3 Å². The van der Waals surface area contributed by atoms with Crippen molar-refractivity contribution in [1.82, 2.24) is 10.3 Å². The van der Waals surface area contributed by atoms with Gasteiger partial charge >= 0.3 is 6.03 Å². The molecule has 0 saturated carbocycles. The molecule has 2 aromatic carbocycles. The molecule has 0 spiro atoms. The van der Waals surface area contributed by atoms with E-state index >= 15 is 0 Å². The first-order chi connectivity index (χ1) is 12.0. The Kier molecular flexibility index (Phi) is 5.05. The molecule has 3 rings (SSSR count). The molecule has 0 fully saturated rings. The third-order valence-electron chi connectivity index (χ3n) is 3.71. The Bertz CT molecular complexity index is 871. The highest BCUT2D eigenvalue weighted by atomic mass is 35.5. The first-order valence-electron chi connectivity index (χ1n) is 7.85. The quantitative estimate of drug-likeness (QED) is 0.697. The van der Waals surface area contributed by atoms with Crippen molar-refractivity contribution >= 4 is 23.3 Å². The van der Waals surface area contributed by atoms with Crippen molar-refractivity contribution in [3.8, 4) is 11.5 Å². The summed E-state index contributed by atoms with van der Waals surface area (Å²) in [6.07, 6.45) is 0. The van der Waals surface area contributed by atoms with Crippen LogP contribution in [-0.4, -0.2) is 11.0 Å². The predicted molar refractivity (Wildman–Crippen MR) is 98.7 cm³/mol. The lowest BCUT2D eigenvalue weighted by Gasteiger charge is -2.06. The summed E-state index contributed by atoms with van der Waals surface area (Å²) in [7, 11) is 0. The number of nitrogens with one attached hydrogen (secondary N) is 2. The van der Waals surface area contributed by atoms with Gasteiger partial charge in [0.25, 0.3) is 0 Å². The van der Waals surface area contributed by atoms with Crippen molar-refractivity contribution in [2.75, 3.05) is 5.32 Å². The van der Waals surface area contributed by atoms with Gasteiger partial charge in [-0.2, -0.15) is 0 Å². The molecule has 0 bridgehead atoms. The molecule has 0 aliphatic heterocycles. The van der Waals surface area contributed by atoms with Gasteiger partial charge in [0.05, 0.1) is 6.54 Å². The fourth-order valence-electron chi connectivity index (χ4n) is 2.28. The highest BCUT2D eigenvalue weighted by Crippen LogP contribution is 2.22. The first kappa shape index (κ1) is 17.0. The third kappa shape index (κ3) is 4.39. The molecule has 3 aromatic rings. The van der Waals surface area contributed by atoms with Crippen LogP contribution >= 0.6 is 11.6 Å². The van der Waals surface area contributed by atoms with Crippen molar-refractivity contribution in [3.05, 3.63) is 70.6 Å². The fraction of sp³-hybridized carbons (Fsp3) is 0.158. The SMILES string of the molecule is Cc1ccc(-c2nc(CNC(=O)Nc3ccc(Cl)cc3)c(C)o2)cc1. The maximum atomic E-state index is 12.0. The zero-order valence-corrected chi connectivity index (χ0v) is 14.7. The molecule has 0 unspecified atom stereocenters. The van der Waals surface area contributed by atoms with Crippen LogP contribution in [0, 0.1) is 13.8 Å². The van der Waals surface area contributed by atoms with Gasteiger partial charge in [-0.3, -0.25) is 0 Å². The van der Waals surface area contributed by atoms with Gasteiger partial charge in [-0.1, -0.05) is 29.3 Å². The second kappa shape index (κ2) is 7.40. The van der Waals surface area contributed by atoms with Gasteiger partial charge < -0.3 is 15.1 Å². The van der Waals surface area contributed by atoms with Crippen LogP contribution in [0.4, 0.5) is 10.5 Å². The summed E-state index contributed by atoms with van der Waals surface area (Å²) in [4.78, 5) is 16.5. The molecular formula is C19H18ClN3O2. The third-order valence-corrected chi connectivity index (χ3v) is 3.96. The predicted octanol–water partition coefficient (Wildman–Crippen LogP) is 4.93. The Morgan fingerprint density at radius 3 is 2.44 bits per heavy atom. The number of urea groups is 1. The van der Waals surface area contributed by atoms with Crippen LogP contribution in [0.1, 0.15) is 17.0 Å². The number of halogens is 1. The van der Waals surface area contributed by atoms with Gasteiger partial charge in [-0.15, -0.1) is 0 Å². The molecule has 0 aliphatic rings. The molecule has 2 amide bonds. The number of anilines is 1. The largest absolute Gasteiger partial charge is 0.441 e. The molecule has 1 aromatic heterocycles. The zero-order valence-electron chi connectivity index (χ0n) is 14.0. The maximum absolute atomic E-state index is 12.0. The van der Waals surface area contributed by atoms with Crippen molar-refractivity contribution in [2.24, 2.45) is 0 Å². The molecule has 2 N–H and O–H groups in total. The lowest BCUT2D eigenvalue weighted by atomic mass is 10.1. The standard InChI is InChI=1S/C19H18ClN3O2/c1-12-3-5-14(6-4-12)18-23-17(13(2)25-18)11-21-19(24)22-16-9-7-15(20)8-10-16/h3-10H,11H2,1-2H3,(H2,21,22,24). The minimum atomic E-state index is -0.318. The Morgan fingerprint density at radius 1 is 1.08 bits per heavy atom. The number of hydrogen-bond acceptors (Lipinski definition) is 3. The van der Waals surface area contributed by atoms with E-state index in [0.717, 1.165) is 5.56 Å². The summed E-state index contributed by atoms with van der Waals surface area (Å²) < 4.78 is 5.71. The van der Waals surface area contributed by atoms with Crippen LogP contribution in [0.2, 0.25) is 5.02 Å². The number of benzene rings is 2. The van der Waals surface area contributed by atoms with E-state index in [1.807, 2.05) is 38.1 Å². The molecule has 5 nitrogen and oxygen atoms in total. The van der Waals surface area contributed by atoms with E-state index in [4.69, 9.17) is 16.0 Å².